The summed E-state index contributed by atoms with van der Waals surface area (Å²) in [5.74, 6) is 0.624. The third-order valence-electron chi connectivity index (χ3n) is 8.61. The number of likely N-dealkylation sites (tertiary alicyclic amines) is 1. The summed E-state index contributed by atoms with van der Waals surface area (Å²) in [7, 11) is 2.09. The van der Waals surface area contributed by atoms with Crippen LogP contribution in [0.1, 0.15) is 55.7 Å². The number of aliphatic hydroxyl groups is 1. The van der Waals surface area contributed by atoms with Crippen molar-refractivity contribution in [2.45, 2.75) is 69.1 Å². The molecule has 13 heteroatoms. The van der Waals surface area contributed by atoms with Crippen molar-refractivity contribution in [1.29, 1.82) is 0 Å². The van der Waals surface area contributed by atoms with Gasteiger partial charge in [0, 0.05) is 48.2 Å². The molecule has 2 fully saturated rings. The van der Waals surface area contributed by atoms with Crippen molar-refractivity contribution in [3.8, 4) is 16.9 Å². The van der Waals surface area contributed by atoms with Gasteiger partial charge in [-0.3, -0.25) is 0 Å². The third kappa shape index (κ3) is 7.04. The molecule has 0 radical (unpaired) electrons. The number of anilines is 2. The smallest absolute Gasteiger partial charge is 0.416 e. The second-order valence-electron chi connectivity index (χ2n) is 11.9. The number of halogens is 6. The van der Waals surface area contributed by atoms with Gasteiger partial charge in [-0.2, -0.15) is 31.3 Å². The van der Waals surface area contributed by atoms with Crippen molar-refractivity contribution in [3.05, 3.63) is 66.0 Å². The standard InChI is InChI=1S/C32H33F6N5O2/c1-42-12-10-26(11-13-42)45-25-8-2-19(3-9-25)28-18-43(23-4-6-24(44)7-5-23)29-27(28)17-39-30(41-29)40-22-15-20(31(33,34)35)14-21(16-22)32(36,37)38/h2-3,8-9,14-18,23-24,26,44H,4-7,10-13H2,1H3,(H,39,40,41). The van der Waals surface area contributed by atoms with Crippen LogP contribution >= 0.6 is 0 Å². The minimum Gasteiger partial charge on any atom is -0.490 e. The Balaban J connectivity index is 1.34. The van der Waals surface area contributed by atoms with Crippen LogP contribution in [0.3, 0.4) is 0 Å². The summed E-state index contributed by atoms with van der Waals surface area (Å²) < 4.78 is 88.8. The molecular weight excluding hydrogens is 600 g/mol. The van der Waals surface area contributed by atoms with Gasteiger partial charge in [0.25, 0.3) is 0 Å². The van der Waals surface area contributed by atoms with Gasteiger partial charge < -0.3 is 24.6 Å². The zero-order valence-corrected chi connectivity index (χ0v) is 24.5. The number of rotatable bonds is 6. The number of nitrogens with zero attached hydrogens (tertiary/aromatic N) is 4. The highest BCUT2D eigenvalue weighted by atomic mass is 19.4. The van der Waals surface area contributed by atoms with Crippen LogP contribution < -0.4 is 10.1 Å². The number of alkyl halides is 6. The number of ether oxygens (including phenoxy) is 1. The molecule has 7 nitrogen and oxygen atoms in total. The van der Waals surface area contributed by atoms with Crippen molar-refractivity contribution in [1.82, 2.24) is 19.4 Å². The largest absolute Gasteiger partial charge is 0.490 e. The molecule has 1 aliphatic carbocycles. The van der Waals surface area contributed by atoms with Gasteiger partial charge in [0.15, 0.2) is 0 Å². The molecule has 0 unspecified atom stereocenters. The average Bonchev–Trinajstić information content (AvgIpc) is 3.37. The van der Waals surface area contributed by atoms with Gasteiger partial charge in [0.05, 0.1) is 17.2 Å². The number of benzene rings is 2. The Labute approximate surface area is 255 Å². The maximum absolute atomic E-state index is 13.4. The van der Waals surface area contributed by atoms with Gasteiger partial charge in [-0.15, -0.1) is 0 Å². The summed E-state index contributed by atoms with van der Waals surface area (Å²) in [5, 5.41) is 13.3. The van der Waals surface area contributed by atoms with Crippen LogP contribution in [0.2, 0.25) is 0 Å². The lowest BCUT2D eigenvalue weighted by molar-refractivity contribution is -0.143. The maximum Gasteiger partial charge on any atom is 0.416 e. The van der Waals surface area contributed by atoms with Crippen molar-refractivity contribution in [2.24, 2.45) is 0 Å². The molecule has 2 aromatic heterocycles. The Bertz CT molecular complexity index is 1600. The Kier molecular flexibility index (Phi) is 8.42. The van der Waals surface area contributed by atoms with E-state index in [-0.39, 0.29) is 24.2 Å². The summed E-state index contributed by atoms with van der Waals surface area (Å²) in [6.45, 7) is 1.96. The van der Waals surface area contributed by atoms with Crippen molar-refractivity contribution in [2.75, 3.05) is 25.5 Å². The van der Waals surface area contributed by atoms with Crippen LogP contribution in [0.15, 0.2) is 54.9 Å². The summed E-state index contributed by atoms with van der Waals surface area (Å²) in [6, 6.07) is 8.99. The first-order valence-corrected chi connectivity index (χ1v) is 14.9. The van der Waals surface area contributed by atoms with Gasteiger partial charge >= 0.3 is 12.4 Å². The number of fused-ring (bicyclic) bond motifs is 1. The molecule has 1 saturated carbocycles. The molecule has 1 aliphatic heterocycles. The zero-order chi connectivity index (χ0) is 31.9. The minimum atomic E-state index is -4.98. The number of aliphatic hydroxyl groups excluding tert-OH is 1. The molecule has 240 valence electrons. The van der Waals surface area contributed by atoms with E-state index in [0.717, 1.165) is 42.8 Å². The lowest BCUT2D eigenvalue weighted by Crippen LogP contribution is -2.35. The lowest BCUT2D eigenvalue weighted by atomic mass is 9.93. The molecule has 0 spiro atoms. The SMILES string of the molecule is CN1CCC(Oc2ccc(-c3cn(C4CCC(O)CC4)c4nc(Nc5cc(C(F)(F)F)cc(C(F)(F)F)c5)ncc34)cc2)CC1. The summed E-state index contributed by atoms with van der Waals surface area (Å²) >= 11 is 0. The van der Waals surface area contributed by atoms with Gasteiger partial charge in [-0.1, -0.05) is 12.1 Å². The number of aromatic nitrogens is 3. The number of hydrogen-bond acceptors (Lipinski definition) is 6. The monoisotopic (exact) mass is 633 g/mol. The topological polar surface area (TPSA) is 75.4 Å². The molecule has 2 aliphatic rings. The molecule has 6 rings (SSSR count). The molecule has 0 bridgehead atoms. The minimum absolute atomic E-state index is 0.00942. The van der Waals surface area contributed by atoms with E-state index in [1.54, 1.807) is 0 Å². The van der Waals surface area contributed by atoms with E-state index in [4.69, 9.17) is 4.74 Å². The van der Waals surface area contributed by atoms with E-state index in [9.17, 15) is 31.4 Å². The van der Waals surface area contributed by atoms with Crippen LogP contribution in [0.5, 0.6) is 5.75 Å². The van der Waals surface area contributed by atoms with Crippen molar-refractivity contribution < 1.29 is 36.2 Å². The Morgan fingerprint density at radius 1 is 0.867 bits per heavy atom. The highest BCUT2D eigenvalue weighted by Gasteiger charge is 2.37. The van der Waals surface area contributed by atoms with Crippen LogP contribution in [0, 0.1) is 0 Å². The van der Waals surface area contributed by atoms with E-state index in [0.29, 0.717) is 48.8 Å². The lowest BCUT2D eigenvalue weighted by Gasteiger charge is -2.29. The number of piperidine rings is 1. The molecule has 3 heterocycles. The normalized spacial score (nSPS) is 20.4. The average molecular weight is 634 g/mol. The Morgan fingerprint density at radius 3 is 2.09 bits per heavy atom. The van der Waals surface area contributed by atoms with E-state index in [1.807, 2.05) is 35.0 Å². The first-order chi connectivity index (χ1) is 21.3. The predicted molar refractivity (Wildman–Crippen MR) is 157 cm³/mol. The van der Waals surface area contributed by atoms with Gasteiger partial charge in [-0.05, 0) is 81.5 Å². The molecule has 0 amide bonds. The first-order valence-electron chi connectivity index (χ1n) is 14.9. The third-order valence-corrected chi connectivity index (χ3v) is 8.61. The van der Waals surface area contributed by atoms with E-state index >= 15 is 0 Å². The molecule has 4 aromatic rings. The fourth-order valence-corrected chi connectivity index (χ4v) is 6.10. The van der Waals surface area contributed by atoms with Crippen molar-refractivity contribution >= 4 is 22.7 Å². The van der Waals surface area contributed by atoms with Crippen LogP contribution in [0.4, 0.5) is 38.0 Å². The van der Waals surface area contributed by atoms with E-state index in [1.165, 1.54) is 6.20 Å². The van der Waals surface area contributed by atoms with Gasteiger partial charge in [-0.25, -0.2) is 4.98 Å². The summed E-state index contributed by atoms with van der Waals surface area (Å²) in [4.78, 5) is 11.1. The molecule has 2 aromatic carbocycles. The maximum atomic E-state index is 13.4. The van der Waals surface area contributed by atoms with Crippen LogP contribution in [-0.2, 0) is 12.4 Å². The highest BCUT2D eigenvalue weighted by Crippen LogP contribution is 2.40. The molecular formula is C32H33F6N5O2. The zero-order valence-electron chi connectivity index (χ0n) is 24.5. The Hall–Kier alpha value is -3.84. The highest BCUT2D eigenvalue weighted by molar-refractivity contribution is 5.94. The molecule has 0 atom stereocenters. The van der Waals surface area contributed by atoms with E-state index in [2.05, 4.69) is 27.2 Å². The quantitative estimate of drug-likeness (QED) is 0.211. The first kappa shape index (κ1) is 31.2. The van der Waals surface area contributed by atoms with E-state index < -0.39 is 35.3 Å². The van der Waals surface area contributed by atoms with Crippen LogP contribution in [0.25, 0.3) is 22.2 Å². The Morgan fingerprint density at radius 2 is 1.49 bits per heavy atom. The molecule has 45 heavy (non-hydrogen) atoms. The summed E-state index contributed by atoms with van der Waals surface area (Å²) in [6.07, 6.45) is -2.26. The van der Waals surface area contributed by atoms with Crippen LogP contribution in [-0.4, -0.2) is 56.9 Å². The number of hydrogen-bond donors (Lipinski definition) is 2. The second-order valence-corrected chi connectivity index (χ2v) is 11.9. The van der Waals surface area contributed by atoms with Gasteiger partial charge in [0.1, 0.15) is 17.5 Å². The number of nitrogens with one attached hydrogen (secondary N) is 1. The molecule has 1 saturated heterocycles. The second kappa shape index (κ2) is 12.2. The summed E-state index contributed by atoms with van der Waals surface area (Å²) in [5.41, 5.74) is -1.12. The molecule has 2 N–H and O–H groups in total. The van der Waals surface area contributed by atoms with Crippen molar-refractivity contribution in [3.63, 3.8) is 0 Å². The fraction of sp³-hybridized carbons (Fsp3) is 0.438. The fourth-order valence-electron chi connectivity index (χ4n) is 6.10. The predicted octanol–water partition coefficient (Wildman–Crippen LogP) is 7.83. The van der Waals surface area contributed by atoms with Gasteiger partial charge in [0.2, 0.25) is 5.95 Å².